The van der Waals surface area contributed by atoms with Crippen LogP contribution in [0.25, 0.3) is 6.08 Å². The summed E-state index contributed by atoms with van der Waals surface area (Å²) in [5, 5.41) is 10.9. The smallest absolute Gasteiger partial charge is 0.344 e. The van der Waals surface area contributed by atoms with E-state index in [4.69, 9.17) is 9.47 Å². The third kappa shape index (κ3) is 6.59. The topological polar surface area (TPSA) is 85.2 Å². The Balaban J connectivity index is 1.59. The molecule has 1 heterocycles. The molecule has 3 aromatic carbocycles. The van der Waals surface area contributed by atoms with Gasteiger partial charge < -0.3 is 14.6 Å². The van der Waals surface area contributed by atoms with Crippen molar-refractivity contribution in [2.75, 3.05) is 6.61 Å². The number of esters is 1. The molecule has 0 aromatic heterocycles. The highest BCUT2D eigenvalue weighted by Crippen LogP contribution is 2.40. The van der Waals surface area contributed by atoms with Crippen molar-refractivity contribution in [3.05, 3.63) is 116 Å². The van der Waals surface area contributed by atoms with Crippen molar-refractivity contribution in [3.8, 4) is 5.75 Å². The molecule has 1 aliphatic rings. The minimum atomic E-state index is -0.765. The maximum absolute atomic E-state index is 13.4. The first kappa shape index (κ1) is 27.3. The molecular weight excluding hydrogens is 573 g/mol. The average molecular weight is 596 g/mol. The number of aryl methyl sites for hydroxylation is 1. The molecule has 1 amide bonds. The Morgan fingerprint density at radius 3 is 2.55 bits per heavy atom. The summed E-state index contributed by atoms with van der Waals surface area (Å²) < 4.78 is 24.9. The lowest BCUT2D eigenvalue weighted by atomic mass is 10.1. The fourth-order valence-electron chi connectivity index (χ4n) is 3.51. The lowest BCUT2D eigenvalue weighted by Crippen LogP contribution is -2.14. The number of ether oxygens (including phenoxy) is 2. The van der Waals surface area contributed by atoms with Crippen LogP contribution < -0.4 is 4.74 Å². The minimum absolute atomic E-state index is 0.0619. The van der Waals surface area contributed by atoms with E-state index in [1.54, 1.807) is 67.6 Å². The highest BCUT2D eigenvalue weighted by Gasteiger charge is 2.34. The predicted molar refractivity (Wildman–Crippen MR) is 150 cm³/mol. The van der Waals surface area contributed by atoms with Gasteiger partial charge in [-0.15, -0.1) is 0 Å². The van der Waals surface area contributed by atoms with Crippen molar-refractivity contribution in [2.45, 2.75) is 20.5 Å². The first-order valence-corrected chi connectivity index (χ1v) is 13.2. The van der Waals surface area contributed by atoms with Gasteiger partial charge in [-0.05, 0) is 83.4 Å². The number of aliphatic hydroxyl groups excluding tert-OH is 1. The lowest BCUT2D eigenvalue weighted by molar-refractivity contribution is -0.138. The normalized spacial score (nSPS) is 15.3. The third-order valence-corrected chi connectivity index (χ3v) is 7.05. The van der Waals surface area contributed by atoms with Crippen LogP contribution in [-0.4, -0.2) is 28.6 Å². The second-order valence-corrected chi connectivity index (χ2v) is 10.1. The molecule has 3 aromatic rings. The predicted octanol–water partition coefficient (Wildman–Crippen LogP) is 7.18. The first-order valence-electron chi connectivity index (χ1n) is 11.6. The largest absolute Gasteiger partial charge is 0.506 e. The zero-order chi connectivity index (χ0) is 27.2. The van der Waals surface area contributed by atoms with Gasteiger partial charge in [0.2, 0.25) is 0 Å². The highest BCUT2D eigenvalue weighted by atomic mass is 79.9. The van der Waals surface area contributed by atoms with Gasteiger partial charge in [-0.2, -0.15) is 0 Å². The van der Waals surface area contributed by atoms with Crippen molar-refractivity contribution in [1.29, 1.82) is 0 Å². The Hall–Kier alpha value is -3.69. The second-order valence-electron chi connectivity index (χ2n) is 8.25. The molecule has 0 atom stereocenters. The molecule has 0 bridgehead atoms. The van der Waals surface area contributed by atoms with Crippen LogP contribution in [0.3, 0.4) is 0 Å². The Morgan fingerprint density at radius 1 is 1.11 bits per heavy atom. The Morgan fingerprint density at radius 2 is 1.87 bits per heavy atom. The number of nitrogens with zero attached hydrogens (tertiary/aromatic N) is 1. The van der Waals surface area contributed by atoms with Crippen molar-refractivity contribution >= 4 is 50.7 Å². The number of aliphatic hydroxyl groups is 1. The number of hydrogen-bond acceptors (Lipinski definition) is 6. The number of hydrogen-bond donors (Lipinski definition) is 1. The molecule has 1 N–H and O–H groups in total. The Bertz CT molecular complexity index is 1480. The molecule has 4 rings (SSSR count). The second kappa shape index (κ2) is 12.2. The molecule has 9 heteroatoms. The van der Waals surface area contributed by atoms with Gasteiger partial charge in [0, 0.05) is 5.56 Å². The number of benzene rings is 3. The van der Waals surface area contributed by atoms with E-state index in [2.05, 4.69) is 20.9 Å². The van der Waals surface area contributed by atoms with Gasteiger partial charge in [0.15, 0.2) is 0 Å². The number of aliphatic imine (C=N–C) groups is 1. The minimum Gasteiger partial charge on any atom is -0.506 e. The number of halogens is 2. The third-order valence-electron chi connectivity index (χ3n) is 5.41. The molecule has 0 fully saturated rings. The van der Waals surface area contributed by atoms with Crippen LogP contribution in [-0.2, 0) is 16.1 Å². The van der Waals surface area contributed by atoms with Crippen LogP contribution in [0.15, 0.2) is 92.4 Å². The number of amides is 1. The fourth-order valence-corrected chi connectivity index (χ4v) is 5.03. The average Bonchev–Trinajstić information content (AvgIpc) is 3.18. The van der Waals surface area contributed by atoms with Crippen LogP contribution in [0, 0.1) is 12.7 Å². The standard InChI is InChI=1S/C29H23BrFNO5S/c1-3-36-29(35)25-26(33)24(38-28(25)32-27(34)20-10-7-17(2)8-11-20)15-18-9-12-23(22(30)14-18)37-16-19-5-4-6-21(31)13-19/h4-15,33H,3,16H2,1-2H3/b24-15-,32-28?. The molecule has 194 valence electrons. The molecule has 38 heavy (non-hydrogen) atoms. The van der Waals surface area contributed by atoms with Gasteiger partial charge in [0.05, 0.1) is 16.0 Å². The molecule has 6 nitrogen and oxygen atoms in total. The van der Waals surface area contributed by atoms with Gasteiger partial charge in [0.25, 0.3) is 5.91 Å². The summed E-state index contributed by atoms with van der Waals surface area (Å²) in [6, 6.07) is 18.3. The number of rotatable bonds is 7. The van der Waals surface area contributed by atoms with E-state index >= 15 is 0 Å². The SMILES string of the molecule is CCOC(=O)C1=C(O)/C(=C/c2ccc(OCc3cccc(F)c3)c(Br)c2)SC1=NC(=O)c1ccc(C)cc1. The molecule has 0 aliphatic carbocycles. The quantitative estimate of drug-likeness (QED) is 0.291. The summed E-state index contributed by atoms with van der Waals surface area (Å²) in [5.74, 6) is -1.40. The zero-order valence-electron chi connectivity index (χ0n) is 20.5. The fraction of sp³-hybridized carbons (Fsp3) is 0.138. The van der Waals surface area contributed by atoms with Crippen LogP contribution in [0.1, 0.15) is 34.0 Å². The van der Waals surface area contributed by atoms with E-state index < -0.39 is 11.9 Å². The van der Waals surface area contributed by atoms with Crippen molar-refractivity contribution in [3.63, 3.8) is 0 Å². The number of carbonyl (C=O) groups excluding carboxylic acids is 2. The van der Waals surface area contributed by atoms with E-state index in [0.29, 0.717) is 31.8 Å². The van der Waals surface area contributed by atoms with Gasteiger partial charge in [-0.1, -0.05) is 47.7 Å². The molecule has 0 saturated carbocycles. The first-order chi connectivity index (χ1) is 18.2. The summed E-state index contributed by atoms with van der Waals surface area (Å²) in [4.78, 5) is 29.8. The van der Waals surface area contributed by atoms with Gasteiger partial charge in [-0.3, -0.25) is 4.79 Å². The van der Waals surface area contributed by atoms with Crippen LogP contribution in [0.5, 0.6) is 5.75 Å². The number of thioether (sulfide) groups is 1. The highest BCUT2D eigenvalue weighted by molar-refractivity contribution is 9.10. The summed E-state index contributed by atoms with van der Waals surface area (Å²) in [6.07, 6.45) is 1.67. The van der Waals surface area contributed by atoms with Gasteiger partial charge in [0.1, 0.15) is 34.5 Å². The summed E-state index contributed by atoms with van der Waals surface area (Å²) in [5.41, 5.74) is 2.59. The van der Waals surface area contributed by atoms with E-state index in [1.807, 2.05) is 6.92 Å². The van der Waals surface area contributed by atoms with Crippen LogP contribution in [0.4, 0.5) is 4.39 Å². The van der Waals surface area contributed by atoms with Crippen LogP contribution >= 0.6 is 27.7 Å². The molecule has 0 spiro atoms. The molecule has 0 saturated heterocycles. The summed E-state index contributed by atoms with van der Waals surface area (Å²) in [7, 11) is 0. The van der Waals surface area contributed by atoms with Crippen molar-refractivity contribution in [1.82, 2.24) is 0 Å². The Labute approximate surface area is 232 Å². The van der Waals surface area contributed by atoms with Crippen LogP contribution in [0.2, 0.25) is 0 Å². The molecule has 1 aliphatic heterocycles. The lowest BCUT2D eigenvalue weighted by Gasteiger charge is -2.09. The monoisotopic (exact) mass is 595 g/mol. The maximum Gasteiger partial charge on any atom is 0.344 e. The maximum atomic E-state index is 13.4. The van der Waals surface area contributed by atoms with E-state index in [-0.39, 0.29) is 35.4 Å². The van der Waals surface area contributed by atoms with E-state index in [0.717, 1.165) is 17.3 Å². The molecular formula is C29H23BrFNO5S. The van der Waals surface area contributed by atoms with Crippen molar-refractivity contribution < 1.29 is 28.6 Å². The molecule has 0 unspecified atom stereocenters. The zero-order valence-corrected chi connectivity index (χ0v) is 22.9. The van der Waals surface area contributed by atoms with Gasteiger partial charge >= 0.3 is 5.97 Å². The summed E-state index contributed by atoms with van der Waals surface area (Å²) in [6.45, 7) is 3.85. The number of carbonyl (C=O) groups is 2. The van der Waals surface area contributed by atoms with Crippen molar-refractivity contribution in [2.24, 2.45) is 4.99 Å². The van der Waals surface area contributed by atoms with Gasteiger partial charge in [-0.25, -0.2) is 14.2 Å². The summed E-state index contributed by atoms with van der Waals surface area (Å²) >= 11 is 4.48. The Kier molecular flexibility index (Phi) is 8.81. The van der Waals surface area contributed by atoms with E-state index in [9.17, 15) is 19.1 Å². The van der Waals surface area contributed by atoms with E-state index in [1.165, 1.54) is 12.1 Å². The molecule has 0 radical (unpaired) electrons.